The average molecular weight is 197 g/mol. The molecule has 0 unspecified atom stereocenters. The van der Waals surface area contributed by atoms with E-state index in [1.165, 1.54) is 0 Å². The molecule has 0 amide bonds. The number of ether oxygens (including phenoxy) is 1. The molecular weight excluding hydrogens is 182 g/mol. The van der Waals surface area contributed by atoms with E-state index in [9.17, 15) is 0 Å². The quantitative estimate of drug-likeness (QED) is 0.617. The Bertz CT molecular complexity index is 281. The Morgan fingerprint density at radius 3 is 3.29 bits per heavy atom. The molecule has 1 atom stereocenters. The van der Waals surface area contributed by atoms with Crippen LogP contribution < -0.4 is 5.32 Å². The Labute approximate surface area is 82.5 Å². The van der Waals surface area contributed by atoms with Crippen molar-refractivity contribution in [1.82, 2.24) is 15.5 Å². The molecule has 1 fully saturated rings. The van der Waals surface area contributed by atoms with Gasteiger partial charge in [-0.3, -0.25) is 5.10 Å². The molecule has 0 radical (unpaired) electrons. The number of aliphatic hydroxyl groups excluding tert-OH is 1. The summed E-state index contributed by atoms with van der Waals surface area (Å²) in [5.74, 6) is 0. The molecule has 5 heteroatoms. The summed E-state index contributed by atoms with van der Waals surface area (Å²) in [5, 5.41) is 19.0. The number of nitrogens with one attached hydrogen (secondary N) is 2. The van der Waals surface area contributed by atoms with E-state index >= 15 is 0 Å². The molecule has 1 saturated heterocycles. The van der Waals surface area contributed by atoms with E-state index in [0.29, 0.717) is 6.42 Å². The van der Waals surface area contributed by atoms with Crippen molar-refractivity contribution < 1.29 is 9.84 Å². The van der Waals surface area contributed by atoms with Crippen LogP contribution in [0, 0.1) is 0 Å². The van der Waals surface area contributed by atoms with Gasteiger partial charge in [0.25, 0.3) is 0 Å². The van der Waals surface area contributed by atoms with E-state index in [-0.39, 0.29) is 12.7 Å². The van der Waals surface area contributed by atoms with Crippen LogP contribution in [0.15, 0.2) is 6.07 Å². The normalized spacial score (nSPS) is 22.5. The minimum Gasteiger partial charge on any atom is -0.396 e. The largest absolute Gasteiger partial charge is 0.396 e. The third kappa shape index (κ3) is 2.12. The fourth-order valence-corrected chi connectivity index (χ4v) is 1.55. The lowest BCUT2D eigenvalue weighted by atomic mass is 10.2. The molecule has 14 heavy (non-hydrogen) atoms. The monoisotopic (exact) mass is 197 g/mol. The van der Waals surface area contributed by atoms with Crippen LogP contribution in [0.1, 0.15) is 17.5 Å². The standard InChI is InChI=1S/C9H15N3O2/c13-3-1-7-5-8(12-11-7)9-6-10-2-4-14-9/h5,9-10,13H,1-4,6H2,(H,11,12)/t9-/m0/s1. The van der Waals surface area contributed by atoms with E-state index < -0.39 is 0 Å². The Kier molecular flexibility index (Phi) is 3.13. The maximum absolute atomic E-state index is 8.75. The third-order valence-electron chi connectivity index (χ3n) is 2.29. The average Bonchev–Trinajstić information content (AvgIpc) is 2.68. The molecule has 78 valence electrons. The summed E-state index contributed by atoms with van der Waals surface area (Å²) in [5.41, 5.74) is 1.87. The molecule has 0 bridgehead atoms. The molecule has 1 aliphatic rings. The van der Waals surface area contributed by atoms with Crippen molar-refractivity contribution in [2.45, 2.75) is 12.5 Å². The molecule has 1 aromatic heterocycles. The number of aromatic nitrogens is 2. The third-order valence-corrected chi connectivity index (χ3v) is 2.29. The molecule has 3 N–H and O–H groups in total. The summed E-state index contributed by atoms with van der Waals surface area (Å²) >= 11 is 0. The van der Waals surface area contributed by atoms with Gasteiger partial charge in [-0.05, 0) is 6.07 Å². The van der Waals surface area contributed by atoms with Crippen molar-refractivity contribution in [2.75, 3.05) is 26.3 Å². The first-order valence-corrected chi connectivity index (χ1v) is 4.87. The highest BCUT2D eigenvalue weighted by Gasteiger charge is 2.18. The van der Waals surface area contributed by atoms with Gasteiger partial charge in [0.15, 0.2) is 0 Å². The summed E-state index contributed by atoms with van der Waals surface area (Å²) in [6, 6.07) is 1.95. The van der Waals surface area contributed by atoms with Gasteiger partial charge in [0.05, 0.1) is 12.3 Å². The van der Waals surface area contributed by atoms with Crippen LogP contribution >= 0.6 is 0 Å². The molecule has 1 aliphatic heterocycles. The molecule has 1 aromatic rings. The van der Waals surface area contributed by atoms with Crippen molar-refractivity contribution in [2.24, 2.45) is 0 Å². The van der Waals surface area contributed by atoms with E-state index in [2.05, 4.69) is 15.5 Å². The van der Waals surface area contributed by atoms with Crippen LogP contribution in [0.3, 0.4) is 0 Å². The van der Waals surface area contributed by atoms with Crippen molar-refractivity contribution in [3.8, 4) is 0 Å². The first-order valence-electron chi connectivity index (χ1n) is 4.87. The fraction of sp³-hybridized carbons (Fsp3) is 0.667. The number of hydrogen-bond donors (Lipinski definition) is 3. The zero-order valence-corrected chi connectivity index (χ0v) is 7.99. The first-order chi connectivity index (χ1) is 6.90. The van der Waals surface area contributed by atoms with E-state index in [4.69, 9.17) is 9.84 Å². The zero-order valence-electron chi connectivity index (χ0n) is 7.99. The van der Waals surface area contributed by atoms with Gasteiger partial charge in [-0.15, -0.1) is 0 Å². The summed E-state index contributed by atoms with van der Waals surface area (Å²) in [4.78, 5) is 0. The van der Waals surface area contributed by atoms with Gasteiger partial charge in [-0.25, -0.2) is 0 Å². The van der Waals surface area contributed by atoms with Crippen LogP contribution in [0.25, 0.3) is 0 Å². The van der Waals surface area contributed by atoms with Crippen molar-refractivity contribution in [1.29, 1.82) is 0 Å². The van der Waals surface area contributed by atoms with Crippen molar-refractivity contribution in [3.63, 3.8) is 0 Å². The molecule has 0 spiro atoms. The number of aromatic amines is 1. The van der Waals surface area contributed by atoms with Gasteiger partial charge < -0.3 is 15.2 Å². The van der Waals surface area contributed by atoms with Crippen LogP contribution in [0.4, 0.5) is 0 Å². The predicted molar refractivity (Wildman–Crippen MR) is 50.9 cm³/mol. The number of hydrogen-bond acceptors (Lipinski definition) is 4. The van der Waals surface area contributed by atoms with Gasteiger partial charge in [-0.1, -0.05) is 0 Å². The molecule has 2 heterocycles. The molecule has 5 nitrogen and oxygen atoms in total. The minimum absolute atomic E-state index is 0.0486. The minimum atomic E-state index is 0.0486. The lowest BCUT2D eigenvalue weighted by Gasteiger charge is -2.21. The van der Waals surface area contributed by atoms with Gasteiger partial charge >= 0.3 is 0 Å². The van der Waals surface area contributed by atoms with E-state index in [1.807, 2.05) is 6.07 Å². The highest BCUT2D eigenvalue weighted by Crippen LogP contribution is 2.16. The maximum Gasteiger partial charge on any atom is 0.114 e. The van der Waals surface area contributed by atoms with Gasteiger partial charge in [-0.2, -0.15) is 5.10 Å². The second-order valence-electron chi connectivity index (χ2n) is 3.36. The van der Waals surface area contributed by atoms with Crippen LogP contribution in [0.5, 0.6) is 0 Å². The van der Waals surface area contributed by atoms with Crippen LogP contribution in [0.2, 0.25) is 0 Å². The fourth-order valence-electron chi connectivity index (χ4n) is 1.55. The SMILES string of the molecule is OCCc1cc([C@@H]2CNCCO2)n[nH]1. The second-order valence-corrected chi connectivity index (χ2v) is 3.36. The summed E-state index contributed by atoms with van der Waals surface area (Å²) in [6.07, 6.45) is 0.667. The smallest absolute Gasteiger partial charge is 0.114 e. The summed E-state index contributed by atoms with van der Waals surface area (Å²) in [7, 11) is 0. The Morgan fingerprint density at radius 2 is 2.57 bits per heavy atom. The van der Waals surface area contributed by atoms with Crippen molar-refractivity contribution >= 4 is 0 Å². The van der Waals surface area contributed by atoms with Gasteiger partial charge in [0.1, 0.15) is 6.10 Å². The topological polar surface area (TPSA) is 70.2 Å². The number of H-pyrrole nitrogens is 1. The number of morpholine rings is 1. The predicted octanol–water partition coefficient (Wildman–Crippen LogP) is -0.395. The molecule has 2 rings (SSSR count). The van der Waals surface area contributed by atoms with Gasteiger partial charge in [0, 0.05) is 31.8 Å². The molecule has 0 saturated carbocycles. The number of aliphatic hydroxyl groups is 1. The molecule has 0 aliphatic carbocycles. The van der Waals surface area contributed by atoms with Crippen LogP contribution in [-0.2, 0) is 11.2 Å². The Morgan fingerprint density at radius 1 is 1.64 bits per heavy atom. The Hall–Kier alpha value is -0.910. The number of nitrogens with zero attached hydrogens (tertiary/aromatic N) is 1. The maximum atomic E-state index is 8.75. The first kappa shape index (κ1) is 9.64. The van der Waals surface area contributed by atoms with Gasteiger partial charge in [0.2, 0.25) is 0 Å². The number of rotatable bonds is 3. The second kappa shape index (κ2) is 4.54. The lowest BCUT2D eigenvalue weighted by molar-refractivity contribution is 0.0250. The summed E-state index contributed by atoms with van der Waals surface area (Å²) < 4.78 is 5.55. The lowest BCUT2D eigenvalue weighted by Crippen LogP contribution is -2.33. The van der Waals surface area contributed by atoms with E-state index in [1.54, 1.807) is 0 Å². The van der Waals surface area contributed by atoms with E-state index in [0.717, 1.165) is 31.1 Å². The molecule has 0 aromatic carbocycles. The Balaban J connectivity index is 2.00. The van der Waals surface area contributed by atoms with Crippen LogP contribution in [-0.4, -0.2) is 41.6 Å². The summed E-state index contributed by atoms with van der Waals surface area (Å²) in [6.45, 7) is 2.59. The zero-order chi connectivity index (χ0) is 9.80. The highest BCUT2D eigenvalue weighted by molar-refractivity contribution is 5.12. The highest BCUT2D eigenvalue weighted by atomic mass is 16.5. The van der Waals surface area contributed by atoms with Crippen molar-refractivity contribution in [3.05, 3.63) is 17.5 Å². The molecular formula is C9H15N3O2.